The van der Waals surface area contributed by atoms with Gasteiger partial charge in [-0.05, 0) is 29.7 Å². The van der Waals surface area contributed by atoms with Gasteiger partial charge in [-0.25, -0.2) is 4.39 Å². The lowest BCUT2D eigenvalue weighted by atomic mass is 10.0. The molecular weight excluding hydrogens is 250 g/mol. The number of rotatable bonds is 0. The van der Waals surface area contributed by atoms with E-state index in [1.165, 1.54) is 12.1 Å². The van der Waals surface area contributed by atoms with Crippen LogP contribution in [0.1, 0.15) is 5.56 Å². The number of hydrogen-bond donors (Lipinski definition) is 1. The van der Waals surface area contributed by atoms with Gasteiger partial charge in [0.1, 0.15) is 11.6 Å². The molecular formula is C12H9Cl2FO. The van der Waals surface area contributed by atoms with Crippen molar-refractivity contribution in [2.45, 2.75) is 0 Å². The topological polar surface area (TPSA) is 20.2 Å². The number of terminal acetylenes is 1. The summed E-state index contributed by atoms with van der Waals surface area (Å²) < 4.78 is 13.2. The summed E-state index contributed by atoms with van der Waals surface area (Å²) in [6.45, 7) is 0. The third-order valence-electron chi connectivity index (χ3n) is 2.10. The number of aromatic hydroxyl groups is 1. The second kappa shape index (κ2) is 5.60. The molecule has 2 rings (SSSR count). The van der Waals surface area contributed by atoms with Crippen LogP contribution in [0.25, 0.3) is 10.8 Å². The van der Waals surface area contributed by atoms with Crippen molar-refractivity contribution in [3.63, 3.8) is 0 Å². The van der Waals surface area contributed by atoms with Crippen molar-refractivity contribution in [1.29, 1.82) is 0 Å². The average Bonchev–Trinajstić information content (AvgIpc) is 2.18. The maximum atomic E-state index is 13.2. The number of halogens is 3. The van der Waals surface area contributed by atoms with Gasteiger partial charge >= 0.3 is 0 Å². The summed E-state index contributed by atoms with van der Waals surface area (Å²) in [6.07, 6.45) is 5.20. The lowest BCUT2D eigenvalue weighted by Gasteiger charge is -2.02. The molecule has 0 fully saturated rings. The molecule has 2 aromatic rings. The average molecular weight is 259 g/mol. The van der Waals surface area contributed by atoms with E-state index in [0.29, 0.717) is 5.39 Å². The molecule has 0 saturated heterocycles. The van der Waals surface area contributed by atoms with E-state index in [9.17, 15) is 9.50 Å². The van der Waals surface area contributed by atoms with Crippen LogP contribution in [0.4, 0.5) is 4.39 Å². The van der Waals surface area contributed by atoms with Crippen LogP contribution < -0.4 is 0 Å². The first-order chi connectivity index (χ1) is 6.72. The second-order valence-electron chi connectivity index (χ2n) is 2.97. The summed E-state index contributed by atoms with van der Waals surface area (Å²) in [5.41, 5.74) is 0.238. The molecule has 1 nitrogen and oxygen atoms in total. The molecule has 0 aliphatic heterocycles. The van der Waals surface area contributed by atoms with Crippen LogP contribution in [0.2, 0.25) is 0 Å². The van der Waals surface area contributed by atoms with Crippen LogP contribution in [0.5, 0.6) is 5.75 Å². The van der Waals surface area contributed by atoms with Gasteiger partial charge in [-0.15, -0.1) is 31.2 Å². The Balaban J connectivity index is 0.00000112. The van der Waals surface area contributed by atoms with E-state index >= 15 is 0 Å². The highest BCUT2D eigenvalue weighted by Crippen LogP contribution is 2.24. The molecule has 0 saturated carbocycles. The Bertz CT molecular complexity index is 546. The second-order valence-corrected chi connectivity index (χ2v) is 2.97. The summed E-state index contributed by atoms with van der Waals surface area (Å²) >= 11 is 0. The highest BCUT2D eigenvalue weighted by Gasteiger charge is 2.04. The molecule has 0 unspecified atom stereocenters. The van der Waals surface area contributed by atoms with Gasteiger partial charge in [-0.1, -0.05) is 12.0 Å². The molecule has 0 aromatic heterocycles. The zero-order chi connectivity index (χ0) is 10.1. The zero-order valence-electron chi connectivity index (χ0n) is 8.11. The largest absolute Gasteiger partial charge is 0.508 e. The van der Waals surface area contributed by atoms with Crippen molar-refractivity contribution in [3.8, 4) is 18.1 Å². The predicted octanol–water partition coefficient (Wildman–Crippen LogP) is 3.51. The van der Waals surface area contributed by atoms with Gasteiger partial charge < -0.3 is 5.11 Å². The van der Waals surface area contributed by atoms with E-state index < -0.39 is 5.82 Å². The summed E-state index contributed by atoms with van der Waals surface area (Å²) in [7, 11) is 0. The Morgan fingerprint density at radius 2 is 1.81 bits per heavy atom. The first-order valence-electron chi connectivity index (χ1n) is 4.10. The van der Waals surface area contributed by atoms with Crippen molar-refractivity contribution in [1.82, 2.24) is 0 Å². The fourth-order valence-electron chi connectivity index (χ4n) is 1.44. The van der Waals surface area contributed by atoms with E-state index in [1.54, 1.807) is 18.2 Å². The van der Waals surface area contributed by atoms with E-state index in [-0.39, 0.29) is 36.1 Å². The SMILES string of the molecule is C#Cc1c(F)ccc2cc(O)ccc12.Cl.Cl. The van der Waals surface area contributed by atoms with Crippen molar-refractivity contribution in [2.75, 3.05) is 0 Å². The molecule has 84 valence electrons. The van der Waals surface area contributed by atoms with Crippen LogP contribution in [-0.2, 0) is 0 Å². The summed E-state index contributed by atoms with van der Waals surface area (Å²) in [4.78, 5) is 0. The van der Waals surface area contributed by atoms with Gasteiger partial charge in [-0.2, -0.15) is 0 Å². The number of phenolic OH excluding ortho intramolecular Hbond substituents is 1. The zero-order valence-corrected chi connectivity index (χ0v) is 9.74. The molecule has 4 heteroatoms. The lowest BCUT2D eigenvalue weighted by molar-refractivity contribution is 0.476. The smallest absolute Gasteiger partial charge is 0.139 e. The van der Waals surface area contributed by atoms with E-state index in [2.05, 4.69) is 5.92 Å². The van der Waals surface area contributed by atoms with E-state index in [0.717, 1.165) is 5.39 Å². The fraction of sp³-hybridized carbons (Fsp3) is 0. The van der Waals surface area contributed by atoms with Gasteiger partial charge in [0.15, 0.2) is 0 Å². The molecule has 0 spiro atoms. The minimum absolute atomic E-state index is 0. The molecule has 0 bridgehead atoms. The van der Waals surface area contributed by atoms with Gasteiger partial charge in [0.25, 0.3) is 0 Å². The van der Waals surface area contributed by atoms with Crippen molar-refractivity contribution >= 4 is 35.6 Å². The quantitative estimate of drug-likeness (QED) is 0.718. The van der Waals surface area contributed by atoms with Gasteiger partial charge in [0.05, 0.1) is 5.56 Å². The summed E-state index contributed by atoms with van der Waals surface area (Å²) in [5, 5.41) is 10.6. The maximum Gasteiger partial charge on any atom is 0.139 e. The molecule has 0 atom stereocenters. The highest BCUT2D eigenvalue weighted by atomic mass is 35.5. The van der Waals surface area contributed by atoms with Crippen LogP contribution in [0, 0.1) is 18.2 Å². The predicted molar refractivity (Wildman–Crippen MR) is 68.0 cm³/mol. The molecule has 2 aromatic carbocycles. The Labute approximate surface area is 105 Å². The number of hydrogen-bond acceptors (Lipinski definition) is 1. The molecule has 16 heavy (non-hydrogen) atoms. The van der Waals surface area contributed by atoms with Gasteiger partial charge in [-0.3, -0.25) is 0 Å². The lowest BCUT2D eigenvalue weighted by Crippen LogP contribution is -1.85. The van der Waals surface area contributed by atoms with E-state index in [1.807, 2.05) is 0 Å². The van der Waals surface area contributed by atoms with Crippen LogP contribution >= 0.6 is 24.8 Å². The molecule has 0 heterocycles. The molecule has 1 N–H and O–H groups in total. The summed E-state index contributed by atoms with van der Waals surface area (Å²) in [5.74, 6) is 2.04. The molecule has 0 amide bonds. The first-order valence-corrected chi connectivity index (χ1v) is 4.10. The maximum absolute atomic E-state index is 13.2. The van der Waals surface area contributed by atoms with Crippen LogP contribution in [-0.4, -0.2) is 5.11 Å². The molecule has 0 radical (unpaired) electrons. The Morgan fingerprint density at radius 3 is 2.44 bits per heavy atom. The minimum atomic E-state index is -0.411. The monoisotopic (exact) mass is 258 g/mol. The Kier molecular flexibility index (Phi) is 5.10. The van der Waals surface area contributed by atoms with Crippen molar-refractivity contribution in [3.05, 3.63) is 41.7 Å². The minimum Gasteiger partial charge on any atom is -0.508 e. The van der Waals surface area contributed by atoms with Crippen LogP contribution in [0.15, 0.2) is 30.3 Å². The third-order valence-corrected chi connectivity index (χ3v) is 2.10. The van der Waals surface area contributed by atoms with Crippen molar-refractivity contribution < 1.29 is 9.50 Å². The number of fused-ring (bicyclic) bond motifs is 1. The van der Waals surface area contributed by atoms with Crippen LogP contribution in [0.3, 0.4) is 0 Å². The Morgan fingerprint density at radius 1 is 1.12 bits per heavy atom. The number of phenols is 1. The number of benzene rings is 2. The fourth-order valence-corrected chi connectivity index (χ4v) is 1.44. The normalized spacial score (nSPS) is 8.75. The van der Waals surface area contributed by atoms with Gasteiger partial charge in [0.2, 0.25) is 0 Å². The Hall–Kier alpha value is -1.43. The standard InChI is InChI=1S/C12H7FO.2ClH/c1-2-10-11-5-4-9(14)7-8(11)3-6-12(10)13;;/h1,3-7,14H;2*1H. The first kappa shape index (κ1) is 14.6. The van der Waals surface area contributed by atoms with E-state index in [4.69, 9.17) is 6.42 Å². The van der Waals surface area contributed by atoms with Crippen molar-refractivity contribution in [2.24, 2.45) is 0 Å². The molecule has 0 aliphatic rings. The molecule has 0 aliphatic carbocycles. The third kappa shape index (κ3) is 2.38. The summed E-state index contributed by atoms with van der Waals surface area (Å²) in [6, 6.07) is 7.54. The highest BCUT2D eigenvalue weighted by molar-refractivity contribution is 5.89. The van der Waals surface area contributed by atoms with Gasteiger partial charge in [0, 0.05) is 5.39 Å².